The van der Waals surface area contributed by atoms with Crippen LogP contribution < -0.4 is 9.47 Å². The van der Waals surface area contributed by atoms with E-state index >= 15 is 0 Å². The number of pyridine rings is 1. The van der Waals surface area contributed by atoms with Gasteiger partial charge in [-0.2, -0.15) is 17.6 Å². The molecular weight excluding hydrogens is 493 g/mol. The molecule has 3 heterocycles. The van der Waals surface area contributed by atoms with Crippen LogP contribution in [0.5, 0.6) is 11.6 Å². The second-order valence-corrected chi connectivity index (χ2v) is 8.72. The van der Waals surface area contributed by atoms with E-state index in [1.165, 1.54) is 25.3 Å². The van der Waals surface area contributed by atoms with Gasteiger partial charge in [0.1, 0.15) is 24.6 Å². The number of fused-ring (bicyclic) bond motifs is 1. The van der Waals surface area contributed by atoms with Crippen molar-refractivity contribution in [2.45, 2.75) is 43.8 Å². The van der Waals surface area contributed by atoms with E-state index in [1.54, 1.807) is 0 Å². The number of aliphatic hydroxyl groups excluding tert-OH is 2. The molecule has 1 fully saturated rings. The molecule has 0 amide bonds. The molecule has 36 heavy (non-hydrogen) atoms. The number of alkyl halides is 3. The number of hydrogen-bond donors (Lipinski definition) is 3. The van der Waals surface area contributed by atoms with Crippen LogP contribution >= 0.6 is 0 Å². The minimum atomic E-state index is -4.80. The molecule has 1 saturated heterocycles. The molecule has 1 aromatic carbocycles. The maximum atomic E-state index is 14.5. The Morgan fingerprint density at radius 2 is 1.97 bits per heavy atom. The summed E-state index contributed by atoms with van der Waals surface area (Å²) in [7, 11) is 1.09. The normalized spacial score (nSPS) is 25.3. The Balaban J connectivity index is 1.84. The first kappa shape index (κ1) is 26.0. The first-order chi connectivity index (χ1) is 16.9. The maximum absolute atomic E-state index is 14.5. The Morgan fingerprint density at radius 3 is 2.61 bits per heavy atom. The van der Waals surface area contributed by atoms with Gasteiger partial charge in [-0.3, -0.25) is 0 Å². The zero-order chi connectivity index (χ0) is 26.4. The van der Waals surface area contributed by atoms with Gasteiger partial charge in [-0.1, -0.05) is 13.0 Å². The Labute approximate surface area is 202 Å². The van der Waals surface area contributed by atoms with Crippen molar-refractivity contribution >= 4 is 11.0 Å². The summed E-state index contributed by atoms with van der Waals surface area (Å²) in [5, 5.41) is 18.5. The molecule has 1 aliphatic rings. The summed E-state index contributed by atoms with van der Waals surface area (Å²) in [4.78, 5) is 11.3. The number of halogens is 5. The summed E-state index contributed by atoms with van der Waals surface area (Å²) in [6.07, 6.45) is -5.99. The second-order valence-electron chi connectivity index (χ2n) is 8.72. The van der Waals surface area contributed by atoms with Crippen LogP contribution in [0.15, 0.2) is 24.4 Å². The highest BCUT2D eigenvalue weighted by atomic mass is 19.4. The number of H-pyrrole nitrogens is 1. The summed E-state index contributed by atoms with van der Waals surface area (Å²) < 4.78 is 87.0. The smallest absolute Gasteiger partial charge is 0.417 e. The number of imidazole rings is 1. The van der Waals surface area contributed by atoms with Gasteiger partial charge in [-0.15, -0.1) is 0 Å². The number of nitrogens with zero attached hydrogens (tertiary/aromatic N) is 2. The average Bonchev–Trinajstić information content (AvgIpc) is 3.39. The largest absolute Gasteiger partial charge is 0.493 e. The standard InChI is InChI=1S/C23H24F5N3O5/c1-10-15(12-4-5-13(24)16(25)18(12)34-3)19(36-22(10,2)23(26,27)28)20-30-14-6-7-29-21(17(14)31-20)35-9-11(33)8-32/h4-7,10-11,15,19,32-33H,8-9H2,1-3H3,(H,30,31)/t10-,11-,15-,19+,22+/m0/s1. The number of benzene rings is 1. The third-order valence-corrected chi connectivity index (χ3v) is 6.59. The Hall–Kier alpha value is -3.03. The average molecular weight is 517 g/mol. The topological polar surface area (TPSA) is 110 Å². The minimum Gasteiger partial charge on any atom is -0.493 e. The number of rotatable bonds is 7. The molecule has 0 radical (unpaired) electrons. The van der Waals surface area contributed by atoms with Crippen molar-refractivity contribution in [1.29, 1.82) is 0 Å². The predicted octanol–water partition coefficient (Wildman–Crippen LogP) is 3.79. The van der Waals surface area contributed by atoms with E-state index < -0.39 is 59.8 Å². The van der Waals surface area contributed by atoms with Gasteiger partial charge in [0.2, 0.25) is 11.7 Å². The van der Waals surface area contributed by atoms with Gasteiger partial charge in [-0.25, -0.2) is 14.4 Å². The molecule has 2 aromatic heterocycles. The summed E-state index contributed by atoms with van der Waals surface area (Å²) in [5.74, 6) is -5.52. The number of aromatic amines is 1. The SMILES string of the molecule is COc1c([C@H]2[C@H](c3nc4c(OC[C@@H](O)CO)nccc4[nH]3)O[C@@](C)(C(F)(F)F)[C@H]2C)ccc(F)c1F. The lowest BCUT2D eigenvalue weighted by atomic mass is 9.77. The van der Waals surface area contributed by atoms with Crippen LogP contribution in [0.4, 0.5) is 22.0 Å². The van der Waals surface area contributed by atoms with Crippen molar-refractivity contribution in [3.63, 3.8) is 0 Å². The van der Waals surface area contributed by atoms with Crippen LogP contribution in [-0.4, -0.2) is 63.4 Å². The van der Waals surface area contributed by atoms with E-state index in [0.29, 0.717) is 5.52 Å². The Morgan fingerprint density at radius 1 is 1.25 bits per heavy atom. The fourth-order valence-electron chi connectivity index (χ4n) is 4.45. The summed E-state index contributed by atoms with van der Waals surface area (Å²) in [6.45, 7) is 1.35. The lowest BCUT2D eigenvalue weighted by molar-refractivity contribution is -0.275. The number of aromatic nitrogens is 3. The molecular formula is C23H24F5N3O5. The van der Waals surface area contributed by atoms with E-state index in [9.17, 15) is 27.1 Å². The van der Waals surface area contributed by atoms with Gasteiger partial charge >= 0.3 is 6.18 Å². The van der Waals surface area contributed by atoms with Crippen molar-refractivity contribution < 1.29 is 46.4 Å². The second kappa shape index (κ2) is 9.45. The number of ether oxygens (including phenoxy) is 3. The first-order valence-electron chi connectivity index (χ1n) is 11.0. The van der Waals surface area contributed by atoms with Crippen LogP contribution in [0.25, 0.3) is 11.0 Å². The highest BCUT2D eigenvalue weighted by Crippen LogP contribution is 2.59. The van der Waals surface area contributed by atoms with E-state index in [2.05, 4.69) is 15.0 Å². The summed E-state index contributed by atoms with van der Waals surface area (Å²) in [6, 6.07) is 3.50. The van der Waals surface area contributed by atoms with Gasteiger partial charge in [-0.05, 0) is 19.1 Å². The van der Waals surface area contributed by atoms with E-state index in [4.69, 9.17) is 19.3 Å². The fourth-order valence-corrected chi connectivity index (χ4v) is 4.45. The monoisotopic (exact) mass is 517 g/mol. The maximum Gasteiger partial charge on any atom is 0.417 e. The van der Waals surface area contributed by atoms with E-state index in [0.717, 1.165) is 20.1 Å². The molecule has 1 aliphatic heterocycles. The quantitative estimate of drug-likeness (QED) is 0.409. The van der Waals surface area contributed by atoms with Crippen LogP contribution in [0.2, 0.25) is 0 Å². The molecule has 4 rings (SSSR count). The van der Waals surface area contributed by atoms with Crippen molar-refractivity contribution in [3.8, 4) is 11.6 Å². The van der Waals surface area contributed by atoms with E-state index in [-0.39, 0.29) is 29.4 Å². The fraction of sp³-hybridized carbons (Fsp3) is 0.478. The molecule has 13 heteroatoms. The van der Waals surface area contributed by atoms with Gasteiger partial charge in [0.05, 0.1) is 19.2 Å². The lowest BCUT2D eigenvalue weighted by Gasteiger charge is -2.32. The van der Waals surface area contributed by atoms with Crippen LogP contribution in [-0.2, 0) is 4.74 Å². The Kier molecular flexibility index (Phi) is 6.84. The highest BCUT2D eigenvalue weighted by molar-refractivity contribution is 5.79. The molecule has 0 spiro atoms. The van der Waals surface area contributed by atoms with Gasteiger partial charge in [0.25, 0.3) is 0 Å². The molecule has 0 aliphatic carbocycles. The molecule has 3 aromatic rings. The molecule has 0 bridgehead atoms. The lowest BCUT2D eigenvalue weighted by Crippen LogP contribution is -2.46. The molecule has 5 atom stereocenters. The molecule has 3 N–H and O–H groups in total. The first-order valence-corrected chi connectivity index (χ1v) is 11.0. The molecule has 0 unspecified atom stereocenters. The summed E-state index contributed by atoms with van der Waals surface area (Å²) in [5.41, 5.74) is -2.17. The zero-order valence-corrected chi connectivity index (χ0v) is 19.4. The zero-order valence-electron chi connectivity index (χ0n) is 19.4. The Bertz CT molecular complexity index is 1250. The van der Waals surface area contributed by atoms with Crippen molar-refractivity contribution in [2.75, 3.05) is 20.3 Å². The summed E-state index contributed by atoms with van der Waals surface area (Å²) >= 11 is 0. The van der Waals surface area contributed by atoms with Crippen molar-refractivity contribution in [3.05, 3.63) is 47.4 Å². The number of nitrogens with one attached hydrogen (secondary N) is 1. The van der Waals surface area contributed by atoms with Crippen molar-refractivity contribution in [1.82, 2.24) is 15.0 Å². The molecule has 0 saturated carbocycles. The number of aliphatic hydroxyl groups is 2. The van der Waals surface area contributed by atoms with Gasteiger partial charge in [0.15, 0.2) is 22.7 Å². The molecule has 196 valence electrons. The van der Waals surface area contributed by atoms with E-state index in [1.807, 2.05) is 0 Å². The van der Waals surface area contributed by atoms with Crippen LogP contribution in [0.3, 0.4) is 0 Å². The van der Waals surface area contributed by atoms with Gasteiger partial charge < -0.3 is 29.4 Å². The van der Waals surface area contributed by atoms with Gasteiger partial charge in [0, 0.05) is 23.6 Å². The van der Waals surface area contributed by atoms with Crippen molar-refractivity contribution in [2.24, 2.45) is 5.92 Å². The highest BCUT2D eigenvalue weighted by Gasteiger charge is 2.65. The van der Waals surface area contributed by atoms with Crippen LogP contribution in [0, 0.1) is 17.6 Å². The third kappa shape index (κ3) is 4.24. The molecule has 8 nitrogen and oxygen atoms in total. The van der Waals surface area contributed by atoms with Crippen LogP contribution in [0.1, 0.15) is 37.3 Å². The number of hydrogen-bond acceptors (Lipinski definition) is 7. The minimum absolute atomic E-state index is 0.0111. The third-order valence-electron chi connectivity index (χ3n) is 6.59. The predicted molar refractivity (Wildman–Crippen MR) is 116 cm³/mol. The number of methoxy groups -OCH3 is 1.